The van der Waals surface area contributed by atoms with Crippen molar-refractivity contribution in [2.24, 2.45) is 5.92 Å². The molecule has 1 aliphatic rings. The highest BCUT2D eigenvalue weighted by Gasteiger charge is 2.32. The van der Waals surface area contributed by atoms with Crippen LogP contribution in [0.15, 0.2) is 79.1 Å². The molecule has 1 aromatic heterocycles. The zero-order valence-electron chi connectivity index (χ0n) is 16.6. The molecule has 0 spiro atoms. The average molecular weight is 401 g/mol. The van der Waals surface area contributed by atoms with Gasteiger partial charge in [-0.25, -0.2) is 9.97 Å². The molecule has 6 nitrogen and oxygen atoms in total. The summed E-state index contributed by atoms with van der Waals surface area (Å²) < 4.78 is 5.79. The van der Waals surface area contributed by atoms with Crippen molar-refractivity contribution in [2.45, 2.75) is 18.9 Å². The maximum atomic E-state index is 13.1. The minimum atomic E-state index is -0.948. The summed E-state index contributed by atoms with van der Waals surface area (Å²) in [7, 11) is 0. The van der Waals surface area contributed by atoms with Crippen LogP contribution in [0.4, 0.5) is 5.95 Å². The summed E-state index contributed by atoms with van der Waals surface area (Å²) in [4.78, 5) is 36.6. The van der Waals surface area contributed by atoms with Crippen molar-refractivity contribution in [2.75, 3.05) is 18.0 Å². The minimum Gasteiger partial charge on any atom is -0.449 e. The van der Waals surface area contributed by atoms with Crippen LogP contribution in [0.3, 0.4) is 0 Å². The summed E-state index contributed by atoms with van der Waals surface area (Å²) in [5, 5.41) is 0. The number of rotatable bonds is 6. The zero-order valence-corrected chi connectivity index (χ0v) is 16.6. The van der Waals surface area contributed by atoms with Gasteiger partial charge in [-0.15, -0.1) is 0 Å². The van der Waals surface area contributed by atoms with E-state index in [1.54, 1.807) is 42.7 Å². The highest BCUT2D eigenvalue weighted by molar-refractivity contribution is 6.01. The van der Waals surface area contributed by atoms with Gasteiger partial charge in [0, 0.05) is 36.6 Å². The fourth-order valence-corrected chi connectivity index (χ4v) is 3.64. The Morgan fingerprint density at radius 3 is 2.10 bits per heavy atom. The topological polar surface area (TPSA) is 72.4 Å². The third kappa shape index (κ3) is 4.54. The number of hydrogen-bond donors (Lipinski definition) is 0. The summed E-state index contributed by atoms with van der Waals surface area (Å²) >= 11 is 0. The monoisotopic (exact) mass is 401 g/mol. The average Bonchev–Trinajstić information content (AvgIpc) is 2.84. The molecule has 2 aromatic carbocycles. The Kier molecular flexibility index (Phi) is 6.13. The predicted octanol–water partition coefficient (Wildman–Crippen LogP) is 3.86. The van der Waals surface area contributed by atoms with Crippen molar-refractivity contribution in [1.29, 1.82) is 0 Å². The third-order valence-electron chi connectivity index (χ3n) is 5.30. The summed E-state index contributed by atoms with van der Waals surface area (Å²) in [5.74, 6) is -0.127. The van der Waals surface area contributed by atoms with Crippen molar-refractivity contribution in [1.82, 2.24) is 9.97 Å². The van der Waals surface area contributed by atoms with Gasteiger partial charge in [-0.05, 0) is 18.9 Å². The van der Waals surface area contributed by atoms with E-state index in [-0.39, 0.29) is 17.7 Å². The molecule has 3 aromatic rings. The SMILES string of the molecule is O=C(O[C@H](C(=O)c1ccccc1)c1ccccc1)C1CCN(c2ncccn2)CC1. The van der Waals surface area contributed by atoms with Gasteiger partial charge in [0.2, 0.25) is 11.7 Å². The van der Waals surface area contributed by atoms with E-state index in [2.05, 4.69) is 14.9 Å². The van der Waals surface area contributed by atoms with Gasteiger partial charge in [-0.1, -0.05) is 60.7 Å². The third-order valence-corrected chi connectivity index (χ3v) is 5.30. The lowest BCUT2D eigenvalue weighted by molar-refractivity contribution is -0.153. The molecular formula is C24H23N3O3. The van der Waals surface area contributed by atoms with E-state index in [9.17, 15) is 9.59 Å². The molecule has 0 saturated carbocycles. The lowest BCUT2D eigenvalue weighted by atomic mass is 9.96. The van der Waals surface area contributed by atoms with Gasteiger partial charge in [0.05, 0.1) is 5.92 Å². The molecule has 0 radical (unpaired) electrons. The molecule has 30 heavy (non-hydrogen) atoms. The van der Waals surface area contributed by atoms with Crippen LogP contribution in [-0.4, -0.2) is 34.8 Å². The zero-order chi connectivity index (χ0) is 20.8. The second-order valence-corrected chi connectivity index (χ2v) is 7.27. The van der Waals surface area contributed by atoms with Gasteiger partial charge >= 0.3 is 5.97 Å². The van der Waals surface area contributed by atoms with Crippen LogP contribution in [0, 0.1) is 5.92 Å². The smallest absolute Gasteiger partial charge is 0.310 e. The molecule has 1 aliphatic heterocycles. The van der Waals surface area contributed by atoms with E-state index < -0.39 is 6.10 Å². The molecule has 4 rings (SSSR count). The number of aromatic nitrogens is 2. The molecular weight excluding hydrogens is 378 g/mol. The standard InChI is InChI=1S/C24H23N3O3/c28-21(18-8-3-1-4-9-18)22(19-10-5-2-6-11-19)30-23(29)20-12-16-27(17-13-20)24-25-14-7-15-26-24/h1-11,14-15,20,22H,12-13,16-17H2/t22-/m0/s1. The van der Waals surface area contributed by atoms with E-state index in [0.29, 0.717) is 43.0 Å². The van der Waals surface area contributed by atoms with Crippen molar-refractivity contribution in [3.05, 3.63) is 90.3 Å². The number of carbonyl (C=O) groups excluding carboxylic acids is 2. The summed E-state index contributed by atoms with van der Waals surface area (Å²) in [5.41, 5.74) is 1.20. The molecule has 0 amide bonds. The number of carbonyl (C=O) groups is 2. The van der Waals surface area contributed by atoms with E-state index in [0.717, 1.165) is 0 Å². The van der Waals surface area contributed by atoms with Crippen molar-refractivity contribution < 1.29 is 14.3 Å². The van der Waals surface area contributed by atoms with Crippen LogP contribution >= 0.6 is 0 Å². The Hall–Kier alpha value is -3.54. The highest BCUT2D eigenvalue weighted by atomic mass is 16.5. The maximum absolute atomic E-state index is 13.1. The predicted molar refractivity (Wildman–Crippen MR) is 113 cm³/mol. The molecule has 1 saturated heterocycles. The van der Waals surface area contributed by atoms with E-state index in [1.807, 2.05) is 36.4 Å². The number of anilines is 1. The second kappa shape index (κ2) is 9.31. The Labute approximate surface area is 175 Å². The van der Waals surface area contributed by atoms with Gasteiger partial charge in [0.15, 0.2) is 6.10 Å². The molecule has 0 bridgehead atoms. The maximum Gasteiger partial charge on any atom is 0.310 e. The molecule has 0 aliphatic carbocycles. The largest absolute Gasteiger partial charge is 0.449 e. The molecule has 1 atom stereocenters. The quantitative estimate of drug-likeness (QED) is 0.461. The van der Waals surface area contributed by atoms with Gasteiger partial charge < -0.3 is 9.64 Å². The second-order valence-electron chi connectivity index (χ2n) is 7.27. The van der Waals surface area contributed by atoms with Crippen LogP contribution in [0.2, 0.25) is 0 Å². The first-order valence-corrected chi connectivity index (χ1v) is 10.1. The van der Waals surface area contributed by atoms with E-state index in [1.165, 1.54) is 0 Å². The molecule has 152 valence electrons. The summed E-state index contributed by atoms with van der Waals surface area (Å²) in [6.45, 7) is 1.35. The van der Waals surface area contributed by atoms with Gasteiger partial charge in [-0.2, -0.15) is 0 Å². The lowest BCUT2D eigenvalue weighted by Gasteiger charge is -2.31. The number of benzene rings is 2. The highest BCUT2D eigenvalue weighted by Crippen LogP contribution is 2.27. The van der Waals surface area contributed by atoms with Crippen LogP contribution < -0.4 is 4.90 Å². The molecule has 0 N–H and O–H groups in total. The normalized spacial score (nSPS) is 15.4. The van der Waals surface area contributed by atoms with Crippen LogP contribution in [0.1, 0.15) is 34.9 Å². The summed E-state index contributed by atoms with van der Waals surface area (Å²) in [6.07, 6.45) is 3.75. The fourth-order valence-electron chi connectivity index (χ4n) is 3.64. The Morgan fingerprint density at radius 1 is 0.867 bits per heavy atom. The fraction of sp³-hybridized carbons (Fsp3) is 0.250. The van der Waals surface area contributed by atoms with Crippen LogP contribution in [0.5, 0.6) is 0 Å². The van der Waals surface area contributed by atoms with Crippen LogP contribution in [-0.2, 0) is 9.53 Å². The van der Waals surface area contributed by atoms with Crippen molar-refractivity contribution in [3.8, 4) is 0 Å². The number of ether oxygens (including phenoxy) is 1. The minimum absolute atomic E-state index is 0.217. The first kappa shape index (κ1) is 19.8. The number of ketones is 1. The van der Waals surface area contributed by atoms with Gasteiger partial charge in [-0.3, -0.25) is 9.59 Å². The number of hydrogen-bond acceptors (Lipinski definition) is 6. The Bertz CT molecular complexity index is 972. The van der Waals surface area contributed by atoms with Crippen molar-refractivity contribution >= 4 is 17.7 Å². The molecule has 1 fully saturated rings. The van der Waals surface area contributed by atoms with Crippen molar-refractivity contribution in [3.63, 3.8) is 0 Å². The van der Waals surface area contributed by atoms with E-state index >= 15 is 0 Å². The molecule has 0 unspecified atom stereocenters. The number of Topliss-reactive ketones (excluding diaryl/α,β-unsaturated/α-hetero) is 1. The van der Waals surface area contributed by atoms with Crippen LogP contribution in [0.25, 0.3) is 0 Å². The molecule has 2 heterocycles. The first-order valence-electron chi connectivity index (χ1n) is 10.1. The number of nitrogens with zero attached hydrogens (tertiary/aromatic N) is 3. The van der Waals surface area contributed by atoms with Gasteiger partial charge in [0.1, 0.15) is 0 Å². The number of esters is 1. The van der Waals surface area contributed by atoms with E-state index in [4.69, 9.17) is 4.74 Å². The Morgan fingerprint density at radius 2 is 1.47 bits per heavy atom. The molecule has 6 heteroatoms. The summed E-state index contributed by atoms with van der Waals surface area (Å²) in [6, 6.07) is 19.9. The number of piperidine rings is 1. The lowest BCUT2D eigenvalue weighted by Crippen LogP contribution is -2.38. The Balaban J connectivity index is 1.45. The first-order chi connectivity index (χ1) is 14.7. The van der Waals surface area contributed by atoms with Gasteiger partial charge in [0.25, 0.3) is 0 Å².